The van der Waals surface area contributed by atoms with E-state index in [9.17, 15) is 4.21 Å². The summed E-state index contributed by atoms with van der Waals surface area (Å²) in [4.78, 5) is 0. The number of halogens is 2. The van der Waals surface area contributed by atoms with Crippen LogP contribution in [-0.4, -0.2) is 16.7 Å². The number of rotatable bonds is 0. The zero-order valence-electron chi connectivity index (χ0n) is 3.57. The molecule has 0 fully saturated rings. The molecule has 0 spiro atoms. The molecule has 0 atom stereocenters. The van der Waals surface area contributed by atoms with Crippen LogP contribution in [0.25, 0.3) is 0 Å². The molecule has 6 heavy (non-hydrogen) atoms. The third-order valence-corrected chi connectivity index (χ3v) is 19.0. The Hall–Kier alpha value is 1.61. The summed E-state index contributed by atoms with van der Waals surface area (Å²) in [5.74, 6) is 0. The highest BCUT2D eigenvalue weighted by Crippen LogP contribution is 2.14. The molecule has 0 aromatic rings. The van der Waals surface area contributed by atoms with Gasteiger partial charge in [0.1, 0.15) is 0 Å². The maximum Gasteiger partial charge on any atom is 0.0160 e. The van der Waals surface area contributed by atoms with Crippen LogP contribution in [0.3, 0.4) is 0 Å². The van der Waals surface area contributed by atoms with Gasteiger partial charge < -0.3 is 0 Å². The van der Waals surface area contributed by atoms with E-state index in [1.807, 2.05) is 12.5 Å². The lowest BCUT2D eigenvalue weighted by atomic mass is 11.9. The molecule has 0 aliphatic heterocycles. The van der Waals surface area contributed by atoms with Gasteiger partial charge in [0.2, 0.25) is 0 Å². The first-order valence-electron chi connectivity index (χ1n) is 1.28. The van der Waals surface area contributed by atoms with Crippen LogP contribution >= 0.6 is 33.9 Å². The van der Waals surface area contributed by atoms with Crippen molar-refractivity contribution in [2.45, 2.75) is 0 Å². The van der Waals surface area contributed by atoms with Crippen LogP contribution in [-0.2, 0) is 6.58 Å². The number of hydrogen-bond donors (Lipinski definition) is 0. The fourth-order valence-electron chi connectivity index (χ4n) is 0. The van der Waals surface area contributed by atoms with Crippen LogP contribution in [0.2, 0.25) is 0 Å². The van der Waals surface area contributed by atoms with Crippen molar-refractivity contribution in [2.75, 3.05) is 12.5 Å². The van der Waals surface area contributed by atoms with Gasteiger partial charge in [-0.05, 0) is 0 Å². The van der Waals surface area contributed by atoms with Crippen molar-refractivity contribution < 1.29 is 4.21 Å². The third kappa shape index (κ3) is 5.61. The molecule has 4 heteroatoms. The maximum absolute atomic E-state index is 10.6. The largest absolute Gasteiger partial charge is 0.262 e. The minimum atomic E-state index is -1.32. The standard InChI is InChI=1S/C2H6I2OS/c1-6(2,5)4-3/h1-2H3. The molecule has 40 valence electrons. The molecule has 0 aliphatic carbocycles. The van der Waals surface area contributed by atoms with E-state index in [0.717, 1.165) is 0 Å². The molecule has 0 rings (SSSR count). The van der Waals surface area contributed by atoms with Gasteiger partial charge in [0, 0.05) is 53.0 Å². The van der Waals surface area contributed by atoms with Crippen molar-refractivity contribution in [1.82, 2.24) is 0 Å². The quantitative estimate of drug-likeness (QED) is 0.618. The van der Waals surface area contributed by atoms with Crippen molar-refractivity contribution in [3.63, 3.8) is 0 Å². The summed E-state index contributed by atoms with van der Waals surface area (Å²) in [7, 11) is 0. The monoisotopic (exact) mass is 332 g/mol. The van der Waals surface area contributed by atoms with Crippen LogP contribution in [0.5, 0.6) is 0 Å². The fourth-order valence-corrected chi connectivity index (χ4v) is 0. The van der Waals surface area contributed by atoms with Crippen LogP contribution in [0.4, 0.5) is 0 Å². The van der Waals surface area contributed by atoms with Gasteiger partial charge in [-0.3, -0.25) is 4.21 Å². The van der Waals surface area contributed by atoms with Crippen molar-refractivity contribution in [2.24, 2.45) is 0 Å². The highest BCUT2D eigenvalue weighted by Gasteiger charge is 1.79. The second kappa shape index (κ2) is 2.81. The van der Waals surface area contributed by atoms with Crippen LogP contribution < -0.4 is 0 Å². The topological polar surface area (TPSA) is 17.1 Å². The van der Waals surface area contributed by atoms with Crippen LogP contribution in [0.1, 0.15) is 0 Å². The number of hydrogen-bond acceptors (Lipinski definition) is 1. The highest BCUT2D eigenvalue weighted by atomic mass is 128. The Bertz CT molecular complexity index is 124. The lowest BCUT2D eigenvalue weighted by Crippen LogP contribution is -1.80. The molecule has 0 saturated heterocycles. The molecule has 0 N–H and O–H groups in total. The molecular formula is C2H6I2OS. The first-order valence-corrected chi connectivity index (χ1v) is 12.5. The van der Waals surface area contributed by atoms with Gasteiger partial charge >= 0.3 is 0 Å². The molecule has 0 aromatic carbocycles. The summed E-state index contributed by atoms with van der Waals surface area (Å²) < 4.78 is 10.6. The average molecular weight is 332 g/mol. The minimum absolute atomic E-state index is 0.0381. The Morgan fingerprint density at radius 1 is 1.67 bits per heavy atom. The van der Waals surface area contributed by atoms with Gasteiger partial charge in [-0.15, -0.1) is 0 Å². The second-order valence-corrected chi connectivity index (χ2v) is 17.6. The average Bonchev–Trinajstić information content (AvgIpc) is 1.35. The van der Waals surface area contributed by atoms with E-state index >= 15 is 0 Å². The van der Waals surface area contributed by atoms with Crippen molar-refractivity contribution >= 4 is 40.5 Å². The van der Waals surface area contributed by atoms with Crippen molar-refractivity contribution in [3.05, 3.63) is 0 Å². The van der Waals surface area contributed by atoms with E-state index in [-0.39, 0.29) is 15.3 Å². The van der Waals surface area contributed by atoms with E-state index in [2.05, 4.69) is 18.6 Å². The summed E-state index contributed by atoms with van der Waals surface area (Å²) in [5, 5.41) is 0. The minimum Gasteiger partial charge on any atom is -0.262 e. The van der Waals surface area contributed by atoms with Gasteiger partial charge in [-0.2, -0.15) is 0 Å². The maximum atomic E-state index is 10.6. The first kappa shape index (κ1) is 7.61. The van der Waals surface area contributed by atoms with Gasteiger partial charge in [0.25, 0.3) is 0 Å². The van der Waals surface area contributed by atoms with E-state index in [1.165, 1.54) is 0 Å². The SMILES string of the molecule is CS(C)(=O)=II. The normalized spacial score (nSPS) is 11.8. The molecule has 0 radical (unpaired) electrons. The molecular weight excluding hydrogens is 326 g/mol. The summed E-state index contributed by atoms with van der Waals surface area (Å²) in [5.41, 5.74) is 0. The zero-order valence-corrected chi connectivity index (χ0v) is 8.70. The molecule has 0 saturated carbocycles. The molecule has 0 aromatic heterocycles. The van der Waals surface area contributed by atoms with Crippen LogP contribution in [0, 0.1) is 0 Å². The lowest BCUT2D eigenvalue weighted by Gasteiger charge is -1.81. The Balaban J connectivity index is 4.24. The second-order valence-electron chi connectivity index (χ2n) is 1.17. The fraction of sp³-hybridized carbons (Fsp3) is 1.00. The van der Waals surface area contributed by atoms with E-state index < -0.39 is 6.58 Å². The molecule has 0 bridgehead atoms. The lowest BCUT2D eigenvalue weighted by molar-refractivity contribution is 0.689. The smallest absolute Gasteiger partial charge is 0.0160 e. The zero-order chi connectivity index (χ0) is 5.21. The Morgan fingerprint density at radius 2 is 1.83 bits per heavy atom. The molecule has 0 unspecified atom stereocenters. The summed E-state index contributed by atoms with van der Waals surface area (Å²) >= 11 is 2.19. The van der Waals surface area contributed by atoms with Crippen molar-refractivity contribution in [3.8, 4) is 0 Å². The van der Waals surface area contributed by atoms with Gasteiger partial charge in [-0.1, -0.05) is 0 Å². The highest BCUT2D eigenvalue weighted by molar-refractivity contribution is 15.1. The van der Waals surface area contributed by atoms with Crippen molar-refractivity contribution in [1.29, 1.82) is 0 Å². The van der Waals surface area contributed by atoms with E-state index in [4.69, 9.17) is 0 Å². The van der Waals surface area contributed by atoms with Gasteiger partial charge in [0.05, 0.1) is 0 Å². The van der Waals surface area contributed by atoms with Gasteiger partial charge in [-0.25, -0.2) is 0 Å². The molecule has 0 heterocycles. The summed E-state index contributed by atoms with van der Waals surface area (Å²) in [6.45, 7) is -1.32. The van der Waals surface area contributed by atoms with E-state index in [1.54, 1.807) is 0 Å². The van der Waals surface area contributed by atoms with E-state index in [0.29, 0.717) is 0 Å². The summed E-state index contributed by atoms with van der Waals surface area (Å²) in [6, 6.07) is 0. The third-order valence-electron chi connectivity index (χ3n) is 0.140. The summed E-state index contributed by atoms with van der Waals surface area (Å²) in [6.07, 6.45) is 3.62. The molecule has 0 amide bonds. The first-order chi connectivity index (χ1) is 2.56. The Kier molecular flexibility index (Phi) is 3.56. The predicted molar refractivity (Wildman–Crippen MR) is 48.0 cm³/mol. The molecule has 1 nitrogen and oxygen atoms in total. The Labute approximate surface area is 56.5 Å². The predicted octanol–water partition coefficient (Wildman–Crippen LogP) is 1.77. The Morgan fingerprint density at radius 3 is 1.83 bits per heavy atom. The van der Waals surface area contributed by atoms with Gasteiger partial charge in [0.15, 0.2) is 0 Å². The van der Waals surface area contributed by atoms with Crippen LogP contribution in [0.15, 0.2) is 0 Å². The molecule has 0 aliphatic rings.